The minimum Gasteiger partial charge on any atom is -0.379 e. The molecular formula is C22H25N5O4S. The number of hydrogen-bond donors (Lipinski definition) is 0. The number of rotatable bonds is 4. The van der Waals surface area contributed by atoms with Crippen LogP contribution in [0.15, 0.2) is 53.6 Å². The molecule has 0 bridgehead atoms. The van der Waals surface area contributed by atoms with E-state index in [1.807, 2.05) is 28.8 Å². The predicted molar refractivity (Wildman–Crippen MR) is 117 cm³/mol. The van der Waals surface area contributed by atoms with Gasteiger partial charge in [0.1, 0.15) is 5.82 Å². The molecule has 2 aromatic heterocycles. The molecule has 1 atom stereocenters. The normalized spacial score (nSPS) is 20.5. The van der Waals surface area contributed by atoms with Crippen molar-refractivity contribution in [3.63, 3.8) is 0 Å². The van der Waals surface area contributed by atoms with Gasteiger partial charge in [-0.3, -0.25) is 9.20 Å². The Morgan fingerprint density at radius 3 is 2.72 bits per heavy atom. The smallest absolute Gasteiger partial charge is 0.253 e. The van der Waals surface area contributed by atoms with Crippen LogP contribution in [0.2, 0.25) is 0 Å². The van der Waals surface area contributed by atoms with Gasteiger partial charge in [-0.1, -0.05) is 12.1 Å². The summed E-state index contributed by atoms with van der Waals surface area (Å²) in [5.41, 5.74) is 1.16. The average Bonchev–Trinajstić information content (AvgIpc) is 3.28. The van der Waals surface area contributed by atoms with Crippen molar-refractivity contribution in [3.05, 3.63) is 60.0 Å². The number of carbonyl (C=O) groups is 1. The van der Waals surface area contributed by atoms with Gasteiger partial charge in [0.25, 0.3) is 5.91 Å². The fourth-order valence-corrected chi connectivity index (χ4v) is 5.87. The van der Waals surface area contributed by atoms with Crippen LogP contribution in [0.1, 0.15) is 34.9 Å². The lowest BCUT2D eigenvalue weighted by Gasteiger charge is -2.32. The number of amides is 1. The molecule has 3 aromatic rings. The second-order valence-corrected chi connectivity index (χ2v) is 10.1. The molecule has 2 saturated heterocycles. The SMILES string of the molecule is O=C(c1cccc(S(=O)(=O)N2CCOCC2)c1)N1CCCC(c2nnc3ccccn23)C1. The molecule has 1 aromatic carbocycles. The van der Waals surface area contributed by atoms with Crippen LogP contribution in [0.25, 0.3) is 5.65 Å². The third-order valence-corrected chi connectivity index (χ3v) is 8.00. The minimum absolute atomic E-state index is 0.0744. The maximum atomic E-state index is 13.3. The van der Waals surface area contributed by atoms with E-state index in [2.05, 4.69) is 10.2 Å². The molecule has 2 aliphatic heterocycles. The number of carbonyl (C=O) groups excluding carboxylic acids is 1. The maximum Gasteiger partial charge on any atom is 0.253 e. The van der Waals surface area contributed by atoms with E-state index in [0.717, 1.165) is 24.3 Å². The van der Waals surface area contributed by atoms with Gasteiger partial charge in [0.2, 0.25) is 10.0 Å². The van der Waals surface area contributed by atoms with E-state index < -0.39 is 10.0 Å². The molecule has 0 aliphatic carbocycles. The summed E-state index contributed by atoms with van der Waals surface area (Å²) in [5.74, 6) is 0.759. The van der Waals surface area contributed by atoms with Crippen molar-refractivity contribution in [2.45, 2.75) is 23.7 Å². The number of hydrogen-bond acceptors (Lipinski definition) is 6. The molecule has 0 saturated carbocycles. The molecule has 1 unspecified atom stereocenters. The molecule has 0 spiro atoms. The Morgan fingerprint density at radius 2 is 1.88 bits per heavy atom. The van der Waals surface area contributed by atoms with Crippen LogP contribution in [-0.2, 0) is 14.8 Å². The van der Waals surface area contributed by atoms with E-state index >= 15 is 0 Å². The van der Waals surface area contributed by atoms with Crippen molar-refractivity contribution < 1.29 is 17.9 Å². The number of morpholine rings is 1. The lowest BCUT2D eigenvalue weighted by atomic mass is 9.96. The van der Waals surface area contributed by atoms with Crippen LogP contribution in [0.3, 0.4) is 0 Å². The van der Waals surface area contributed by atoms with Crippen molar-refractivity contribution in [2.24, 2.45) is 0 Å². The molecule has 5 rings (SSSR count). The molecule has 10 heteroatoms. The van der Waals surface area contributed by atoms with Gasteiger partial charge in [-0.2, -0.15) is 4.31 Å². The van der Waals surface area contributed by atoms with Crippen molar-refractivity contribution in [1.29, 1.82) is 0 Å². The Kier molecular flexibility index (Phi) is 5.66. The van der Waals surface area contributed by atoms with Gasteiger partial charge in [0, 0.05) is 43.9 Å². The van der Waals surface area contributed by atoms with Gasteiger partial charge in [0.05, 0.1) is 18.1 Å². The summed E-state index contributed by atoms with van der Waals surface area (Å²) in [6, 6.07) is 12.1. The highest BCUT2D eigenvalue weighted by atomic mass is 32.2. The lowest BCUT2D eigenvalue weighted by molar-refractivity contribution is 0.0703. The van der Waals surface area contributed by atoms with Crippen LogP contribution in [0.4, 0.5) is 0 Å². The van der Waals surface area contributed by atoms with Crippen LogP contribution < -0.4 is 0 Å². The molecular weight excluding hydrogens is 430 g/mol. The van der Waals surface area contributed by atoms with Gasteiger partial charge < -0.3 is 9.64 Å². The second kappa shape index (κ2) is 8.61. The second-order valence-electron chi connectivity index (χ2n) is 8.12. The molecule has 0 N–H and O–H groups in total. The minimum atomic E-state index is -3.66. The van der Waals surface area contributed by atoms with Crippen LogP contribution in [0.5, 0.6) is 0 Å². The summed E-state index contributed by atoms with van der Waals surface area (Å²) in [5, 5.41) is 8.60. The first-order valence-electron chi connectivity index (χ1n) is 10.8. The summed E-state index contributed by atoms with van der Waals surface area (Å²) in [6.07, 6.45) is 3.71. The standard InChI is InChI=1S/C22H25N5O4S/c28-22(17-5-3-7-19(15-17)32(29,30)26-11-13-31-14-12-26)25-9-4-6-18(16-25)21-24-23-20-8-1-2-10-27(20)21/h1-3,5,7-8,10,15,18H,4,6,9,11-14,16H2. The van der Waals surface area contributed by atoms with Gasteiger partial charge in [-0.15, -0.1) is 10.2 Å². The first kappa shape index (κ1) is 21.0. The molecule has 2 fully saturated rings. The molecule has 32 heavy (non-hydrogen) atoms. The lowest BCUT2D eigenvalue weighted by Crippen LogP contribution is -2.41. The maximum absolute atomic E-state index is 13.3. The van der Waals surface area contributed by atoms with E-state index in [9.17, 15) is 13.2 Å². The fourth-order valence-electron chi connectivity index (χ4n) is 4.42. The van der Waals surface area contributed by atoms with E-state index in [4.69, 9.17) is 4.74 Å². The summed E-state index contributed by atoms with van der Waals surface area (Å²) in [4.78, 5) is 15.2. The van der Waals surface area contributed by atoms with E-state index in [0.29, 0.717) is 45.0 Å². The number of ether oxygens (including phenoxy) is 1. The highest BCUT2D eigenvalue weighted by molar-refractivity contribution is 7.89. The monoisotopic (exact) mass is 455 g/mol. The van der Waals surface area contributed by atoms with E-state index in [-0.39, 0.29) is 16.7 Å². The Bertz CT molecular complexity index is 1240. The number of piperidine rings is 1. The number of fused-ring (bicyclic) bond motifs is 1. The van der Waals surface area contributed by atoms with E-state index in [1.54, 1.807) is 23.1 Å². The molecule has 1 amide bonds. The summed E-state index contributed by atoms with van der Waals surface area (Å²) in [7, 11) is -3.66. The van der Waals surface area contributed by atoms with E-state index in [1.165, 1.54) is 10.4 Å². The first-order valence-corrected chi connectivity index (χ1v) is 12.2. The Balaban J connectivity index is 1.36. The summed E-state index contributed by atoms with van der Waals surface area (Å²) in [6.45, 7) is 2.55. The number of nitrogens with zero attached hydrogens (tertiary/aromatic N) is 5. The Morgan fingerprint density at radius 1 is 1.03 bits per heavy atom. The number of aromatic nitrogens is 3. The Labute approximate surface area is 186 Å². The Hall–Kier alpha value is -2.82. The zero-order valence-corrected chi connectivity index (χ0v) is 18.4. The average molecular weight is 456 g/mol. The van der Waals surface area contributed by atoms with Gasteiger partial charge in [0.15, 0.2) is 5.65 Å². The number of pyridine rings is 1. The third kappa shape index (κ3) is 3.89. The zero-order valence-electron chi connectivity index (χ0n) is 17.6. The van der Waals surface area contributed by atoms with Crippen molar-refractivity contribution >= 4 is 21.6 Å². The highest BCUT2D eigenvalue weighted by Crippen LogP contribution is 2.27. The zero-order chi connectivity index (χ0) is 22.1. The van der Waals surface area contributed by atoms with Crippen LogP contribution in [0, 0.1) is 0 Å². The highest BCUT2D eigenvalue weighted by Gasteiger charge is 2.30. The molecule has 168 valence electrons. The summed E-state index contributed by atoms with van der Waals surface area (Å²) >= 11 is 0. The molecule has 0 radical (unpaired) electrons. The molecule has 4 heterocycles. The first-order chi connectivity index (χ1) is 15.5. The predicted octanol–water partition coefficient (Wildman–Crippen LogP) is 1.77. The largest absolute Gasteiger partial charge is 0.379 e. The number of likely N-dealkylation sites (tertiary alicyclic amines) is 1. The van der Waals surface area contributed by atoms with Crippen molar-refractivity contribution in [2.75, 3.05) is 39.4 Å². The van der Waals surface area contributed by atoms with Gasteiger partial charge >= 0.3 is 0 Å². The van der Waals surface area contributed by atoms with Gasteiger partial charge in [-0.05, 0) is 43.2 Å². The molecule has 9 nitrogen and oxygen atoms in total. The summed E-state index contributed by atoms with van der Waals surface area (Å²) < 4.78 is 34.6. The van der Waals surface area contributed by atoms with Crippen molar-refractivity contribution in [3.8, 4) is 0 Å². The third-order valence-electron chi connectivity index (χ3n) is 6.10. The molecule has 2 aliphatic rings. The van der Waals surface area contributed by atoms with Gasteiger partial charge in [-0.25, -0.2) is 8.42 Å². The van der Waals surface area contributed by atoms with Crippen LogP contribution in [-0.4, -0.2) is 77.5 Å². The fraction of sp³-hybridized carbons (Fsp3) is 0.409. The number of benzene rings is 1. The quantitative estimate of drug-likeness (QED) is 0.595. The topological polar surface area (TPSA) is 97.1 Å². The van der Waals surface area contributed by atoms with Crippen molar-refractivity contribution in [1.82, 2.24) is 23.8 Å². The number of sulfonamides is 1. The van der Waals surface area contributed by atoms with Crippen LogP contribution >= 0.6 is 0 Å².